The quantitative estimate of drug-likeness (QED) is 0.666. The number of hydrogen-bond donors (Lipinski definition) is 2. The summed E-state index contributed by atoms with van der Waals surface area (Å²) in [7, 11) is 0. The van der Waals surface area contributed by atoms with Crippen LogP contribution in [0.25, 0.3) is 0 Å². The van der Waals surface area contributed by atoms with E-state index in [1.54, 1.807) is 11.4 Å². The molecule has 90 valence electrons. The number of rotatable bonds is 3. The summed E-state index contributed by atoms with van der Waals surface area (Å²) in [5, 5.41) is 2.24. The average Bonchev–Trinajstić information content (AvgIpc) is 2.71. The minimum atomic E-state index is -0.654. The van der Waals surface area contributed by atoms with Gasteiger partial charge in [-0.3, -0.25) is 5.84 Å². The van der Waals surface area contributed by atoms with Crippen LogP contribution in [0.1, 0.15) is 16.5 Å². The summed E-state index contributed by atoms with van der Waals surface area (Å²) in [4.78, 5) is 0.652. The first-order valence-corrected chi connectivity index (χ1v) is 6.03. The van der Waals surface area contributed by atoms with Gasteiger partial charge in [0, 0.05) is 10.4 Å². The molecule has 0 amide bonds. The Morgan fingerprint density at radius 1 is 1.29 bits per heavy atom. The molecule has 3 N–H and O–H groups in total. The summed E-state index contributed by atoms with van der Waals surface area (Å²) < 4.78 is 26.8. The predicted molar refractivity (Wildman–Crippen MR) is 64.9 cm³/mol. The fraction of sp³-hybridized carbons (Fsp3) is 0.0909. The molecule has 0 radical (unpaired) electrons. The van der Waals surface area contributed by atoms with Crippen molar-refractivity contribution in [2.24, 2.45) is 5.84 Å². The summed E-state index contributed by atoms with van der Waals surface area (Å²) in [6, 6.07) is 4.26. The molecule has 0 saturated carbocycles. The second-order valence-electron chi connectivity index (χ2n) is 3.40. The topological polar surface area (TPSA) is 38.0 Å². The summed E-state index contributed by atoms with van der Waals surface area (Å²) in [5.41, 5.74) is 2.58. The van der Waals surface area contributed by atoms with Gasteiger partial charge in [0.1, 0.15) is 11.6 Å². The highest BCUT2D eigenvalue weighted by molar-refractivity contribution is 7.10. The van der Waals surface area contributed by atoms with Crippen LogP contribution in [0.5, 0.6) is 0 Å². The van der Waals surface area contributed by atoms with Crippen LogP contribution < -0.4 is 11.3 Å². The second kappa shape index (κ2) is 5.10. The summed E-state index contributed by atoms with van der Waals surface area (Å²) in [6.45, 7) is 0. The first kappa shape index (κ1) is 12.4. The maximum atomic E-state index is 13.6. The third-order valence-corrected chi connectivity index (χ3v) is 3.77. The molecule has 1 atom stereocenters. The van der Waals surface area contributed by atoms with Gasteiger partial charge < -0.3 is 0 Å². The molecule has 1 aromatic heterocycles. The van der Waals surface area contributed by atoms with E-state index >= 15 is 0 Å². The Morgan fingerprint density at radius 2 is 2.06 bits per heavy atom. The zero-order valence-electron chi connectivity index (χ0n) is 8.58. The lowest BCUT2D eigenvalue weighted by Gasteiger charge is -2.16. The number of benzene rings is 1. The standard InChI is InChI=1S/C11H9ClF2N2S/c12-8-3-4-17-11(8)10(16-15)7-5-6(13)1-2-9(7)14/h1-5,10,16H,15H2. The van der Waals surface area contributed by atoms with Gasteiger partial charge >= 0.3 is 0 Å². The van der Waals surface area contributed by atoms with Crippen molar-refractivity contribution in [2.45, 2.75) is 6.04 Å². The fourth-order valence-corrected chi connectivity index (χ4v) is 2.80. The lowest BCUT2D eigenvalue weighted by molar-refractivity contribution is 0.549. The molecule has 2 aromatic rings. The van der Waals surface area contributed by atoms with E-state index in [9.17, 15) is 8.78 Å². The van der Waals surface area contributed by atoms with Crippen molar-refractivity contribution in [1.29, 1.82) is 0 Å². The first-order valence-electron chi connectivity index (χ1n) is 4.77. The SMILES string of the molecule is NNC(c1cc(F)ccc1F)c1sccc1Cl. The van der Waals surface area contributed by atoms with E-state index < -0.39 is 17.7 Å². The van der Waals surface area contributed by atoms with Gasteiger partial charge in [0.25, 0.3) is 0 Å². The molecule has 0 aliphatic rings. The van der Waals surface area contributed by atoms with Crippen LogP contribution in [0, 0.1) is 11.6 Å². The Kier molecular flexibility index (Phi) is 3.73. The third kappa shape index (κ3) is 2.47. The predicted octanol–water partition coefficient (Wildman–Crippen LogP) is 3.23. The van der Waals surface area contributed by atoms with Crippen LogP contribution in [0.4, 0.5) is 8.78 Å². The van der Waals surface area contributed by atoms with Crippen molar-refractivity contribution in [2.75, 3.05) is 0 Å². The highest BCUT2D eigenvalue weighted by Gasteiger charge is 2.20. The lowest BCUT2D eigenvalue weighted by atomic mass is 10.1. The smallest absolute Gasteiger partial charge is 0.128 e. The second-order valence-corrected chi connectivity index (χ2v) is 4.75. The molecule has 0 aliphatic carbocycles. The largest absolute Gasteiger partial charge is 0.271 e. The molecule has 6 heteroatoms. The molecule has 0 saturated heterocycles. The summed E-state index contributed by atoms with van der Waals surface area (Å²) >= 11 is 7.28. The zero-order valence-corrected chi connectivity index (χ0v) is 10.2. The van der Waals surface area contributed by atoms with E-state index in [1.807, 2.05) is 0 Å². The molecule has 0 aliphatic heterocycles. The van der Waals surface area contributed by atoms with E-state index in [4.69, 9.17) is 17.4 Å². The molecule has 0 bridgehead atoms. The maximum absolute atomic E-state index is 13.6. The molecule has 2 nitrogen and oxygen atoms in total. The van der Waals surface area contributed by atoms with Gasteiger partial charge in [-0.15, -0.1) is 11.3 Å². The van der Waals surface area contributed by atoms with Crippen LogP contribution in [0.15, 0.2) is 29.6 Å². The molecule has 17 heavy (non-hydrogen) atoms. The highest BCUT2D eigenvalue weighted by atomic mass is 35.5. The Morgan fingerprint density at radius 3 is 2.65 bits per heavy atom. The number of halogens is 3. The van der Waals surface area contributed by atoms with Gasteiger partial charge in [0.2, 0.25) is 0 Å². The van der Waals surface area contributed by atoms with E-state index in [-0.39, 0.29) is 5.56 Å². The molecule has 2 rings (SSSR count). The van der Waals surface area contributed by atoms with E-state index in [1.165, 1.54) is 11.3 Å². The van der Waals surface area contributed by atoms with Gasteiger partial charge in [0.15, 0.2) is 0 Å². The van der Waals surface area contributed by atoms with E-state index in [0.717, 1.165) is 18.2 Å². The number of hydrogen-bond acceptors (Lipinski definition) is 3. The lowest BCUT2D eigenvalue weighted by Crippen LogP contribution is -2.29. The normalized spacial score (nSPS) is 12.7. The zero-order chi connectivity index (χ0) is 12.4. The highest BCUT2D eigenvalue weighted by Crippen LogP contribution is 2.33. The number of nitrogens with two attached hydrogens (primary N) is 1. The Labute approximate surface area is 106 Å². The first-order chi connectivity index (χ1) is 8.13. The van der Waals surface area contributed by atoms with Gasteiger partial charge in [-0.25, -0.2) is 14.2 Å². The van der Waals surface area contributed by atoms with Gasteiger partial charge in [-0.1, -0.05) is 11.6 Å². The molecule has 0 spiro atoms. The van der Waals surface area contributed by atoms with E-state index in [2.05, 4.69) is 5.43 Å². The maximum Gasteiger partial charge on any atom is 0.128 e. The monoisotopic (exact) mass is 274 g/mol. The van der Waals surface area contributed by atoms with Gasteiger partial charge in [0.05, 0.1) is 11.1 Å². The summed E-state index contributed by atoms with van der Waals surface area (Å²) in [5.74, 6) is 4.34. The molecule has 1 heterocycles. The van der Waals surface area contributed by atoms with E-state index in [0.29, 0.717) is 9.90 Å². The van der Waals surface area contributed by atoms with Crippen molar-refractivity contribution < 1.29 is 8.78 Å². The van der Waals surface area contributed by atoms with Crippen LogP contribution in [0.3, 0.4) is 0 Å². The molecule has 0 fully saturated rings. The Hall–Kier alpha value is -1.01. The average molecular weight is 275 g/mol. The number of thiophene rings is 1. The van der Waals surface area contributed by atoms with Gasteiger partial charge in [-0.05, 0) is 29.6 Å². The third-order valence-electron chi connectivity index (χ3n) is 2.34. The van der Waals surface area contributed by atoms with Crippen LogP contribution in [0.2, 0.25) is 5.02 Å². The molecular formula is C11H9ClF2N2S. The number of hydrazine groups is 1. The molecular weight excluding hydrogens is 266 g/mol. The Bertz CT molecular complexity index is 530. The molecule has 1 aromatic carbocycles. The van der Waals surface area contributed by atoms with Crippen molar-refractivity contribution in [3.05, 3.63) is 56.7 Å². The van der Waals surface area contributed by atoms with Crippen LogP contribution >= 0.6 is 22.9 Å². The van der Waals surface area contributed by atoms with Crippen molar-refractivity contribution in [1.82, 2.24) is 5.43 Å². The van der Waals surface area contributed by atoms with Crippen LogP contribution in [-0.4, -0.2) is 0 Å². The van der Waals surface area contributed by atoms with Crippen molar-refractivity contribution >= 4 is 22.9 Å². The molecule has 1 unspecified atom stereocenters. The Balaban J connectivity index is 2.49. The minimum absolute atomic E-state index is 0.136. The summed E-state index contributed by atoms with van der Waals surface area (Å²) in [6.07, 6.45) is 0. The number of nitrogens with one attached hydrogen (secondary N) is 1. The van der Waals surface area contributed by atoms with Crippen molar-refractivity contribution in [3.8, 4) is 0 Å². The fourth-order valence-electron chi connectivity index (χ4n) is 1.55. The van der Waals surface area contributed by atoms with Gasteiger partial charge in [-0.2, -0.15) is 0 Å². The minimum Gasteiger partial charge on any atom is -0.271 e. The van der Waals surface area contributed by atoms with Crippen molar-refractivity contribution in [3.63, 3.8) is 0 Å². The van der Waals surface area contributed by atoms with Crippen LogP contribution in [-0.2, 0) is 0 Å².